The van der Waals surface area contributed by atoms with Gasteiger partial charge in [0.2, 0.25) is 5.91 Å². The van der Waals surface area contributed by atoms with Crippen molar-refractivity contribution >= 4 is 11.7 Å². The number of para-hydroxylation sites is 1. The number of anilines is 1. The van der Waals surface area contributed by atoms with Crippen LogP contribution < -0.4 is 14.8 Å². The molecule has 4 rings (SSSR count). The maximum atomic E-state index is 13.3. The number of nitrogens with zero attached hydrogens (tertiary/aromatic N) is 2. The largest absolute Gasteiger partial charge is 0.493 e. The Kier molecular flexibility index (Phi) is 5.03. The molecule has 0 bridgehead atoms. The minimum Gasteiger partial charge on any atom is -0.493 e. The van der Waals surface area contributed by atoms with E-state index in [9.17, 15) is 9.18 Å². The molecule has 0 saturated carbocycles. The number of benzene rings is 2. The lowest BCUT2D eigenvalue weighted by molar-refractivity contribution is -0.116. The molecule has 0 aliphatic carbocycles. The molecule has 3 aromatic rings. The van der Waals surface area contributed by atoms with Gasteiger partial charge in [0.15, 0.2) is 11.5 Å². The number of hydrogen-bond acceptors (Lipinski definition) is 4. The first-order chi connectivity index (χ1) is 14.1. The third-order valence-corrected chi connectivity index (χ3v) is 4.84. The summed E-state index contributed by atoms with van der Waals surface area (Å²) in [6, 6.07) is 11.5. The van der Waals surface area contributed by atoms with Crippen molar-refractivity contribution in [3.05, 3.63) is 78.3 Å². The van der Waals surface area contributed by atoms with Gasteiger partial charge in [-0.25, -0.2) is 9.07 Å². The highest BCUT2D eigenvalue weighted by Gasteiger charge is 2.33. The first-order valence-electron chi connectivity index (χ1n) is 9.16. The zero-order chi connectivity index (χ0) is 20.4. The van der Waals surface area contributed by atoms with E-state index in [1.807, 2.05) is 18.2 Å². The number of methoxy groups -OCH3 is 1. The number of ether oxygens (including phenoxy) is 2. The molecule has 1 aliphatic rings. The van der Waals surface area contributed by atoms with Gasteiger partial charge in [-0.1, -0.05) is 24.8 Å². The molecule has 0 radical (unpaired) electrons. The number of rotatable bonds is 6. The number of hydrogen-bond donors (Lipinski definition) is 1. The van der Waals surface area contributed by atoms with Crippen molar-refractivity contribution < 1.29 is 18.7 Å². The minimum atomic E-state index is -0.336. The van der Waals surface area contributed by atoms with Gasteiger partial charge in [0.25, 0.3) is 0 Å². The first kappa shape index (κ1) is 18.7. The molecule has 29 heavy (non-hydrogen) atoms. The van der Waals surface area contributed by atoms with Crippen LogP contribution in [0, 0.1) is 5.82 Å². The summed E-state index contributed by atoms with van der Waals surface area (Å²) in [5.74, 6) is 0.997. The van der Waals surface area contributed by atoms with Crippen LogP contribution in [0.25, 0.3) is 5.69 Å². The van der Waals surface area contributed by atoms with Crippen molar-refractivity contribution in [2.45, 2.75) is 12.3 Å². The molecular weight excluding hydrogens is 373 g/mol. The van der Waals surface area contributed by atoms with E-state index >= 15 is 0 Å². The summed E-state index contributed by atoms with van der Waals surface area (Å²) in [5.41, 5.74) is 2.34. The Labute approximate surface area is 167 Å². The van der Waals surface area contributed by atoms with E-state index in [4.69, 9.17) is 9.47 Å². The molecule has 1 amide bonds. The molecule has 6 nitrogen and oxygen atoms in total. The van der Waals surface area contributed by atoms with E-state index in [-0.39, 0.29) is 24.1 Å². The molecular formula is C22H20FN3O3. The normalized spacial score (nSPS) is 15.4. The molecule has 2 heterocycles. The average molecular weight is 393 g/mol. The predicted molar refractivity (Wildman–Crippen MR) is 107 cm³/mol. The molecule has 7 heteroatoms. The van der Waals surface area contributed by atoms with Crippen LogP contribution in [0.15, 0.2) is 61.3 Å². The zero-order valence-corrected chi connectivity index (χ0v) is 15.9. The molecule has 0 spiro atoms. The number of amides is 1. The fourth-order valence-electron chi connectivity index (χ4n) is 3.54. The summed E-state index contributed by atoms with van der Waals surface area (Å²) in [5, 5.41) is 7.33. The van der Waals surface area contributed by atoms with Crippen LogP contribution >= 0.6 is 0 Å². The van der Waals surface area contributed by atoms with Crippen LogP contribution in [0.2, 0.25) is 0 Å². The Balaban J connectivity index is 1.82. The molecule has 1 aliphatic heterocycles. The van der Waals surface area contributed by atoms with Gasteiger partial charge in [-0.3, -0.25) is 4.79 Å². The van der Waals surface area contributed by atoms with Gasteiger partial charge >= 0.3 is 0 Å². The molecule has 1 atom stereocenters. The quantitative estimate of drug-likeness (QED) is 0.642. The third kappa shape index (κ3) is 3.47. The van der Waals surface area contributed by atoms with Crippen LogP contribution in [-0.2, 0) is 4.79 Å². The second kappa shape index (κ2) is 7.79. The predicted octanol–water partition coefficient (Wildman–Crippen LogP) is 4.06. The monoisotopic (exact) mass is 393 g/mol. The van der Waals surface area contributed by atoms with E-state index in [2.05, 4.69) is 17.0 Å². The molecule has 1 N–H and O–H groups in total. The SMILES string of the molecule is C=CCOc1c(OC)cccc1[C@@H]1CC(=O)Nc2c1cnn2-c1ccc(F)cc1. The van der Waals surface area contributed by atoms with Crippen molar-refractivity contribution in [2.24, 2.45) is 0 Å². The number of carbonyl (C=O) groups is 1. The van der Waals surface area contributed by atoms with Gasteiger partial charge in [0, 0.05) is 23.5 Å². The Bertz CT molecular complexity index is 1060. The first-order valence-corrected chi connectivity index (χ1v) is 9.16. The average Bonchev–Trinajstić information content (AvgIpc) is 3.15. The minimum absolute atomic E-state index is 0.135. The zero-order valence-electron chi connectivity index (χ0n) is 15.9. The van der Waals surface area contributed by atoms with E-state index in [1.165, 1.54) is 12.1 Å². The van der Waals surface area contributed by atoms with Crippen molar-refractivity contribution in [2.75, 3.05) is 19.0 Å². The lowest BCUT2D eigenvalue weighted by Crippen LogP contribution is -2.25. The highest BCUT2D eigenvalue weighted by molar-refractivity contribution is 5.94. The van der Waals surface area contributed by atoms with Crippen molar-refractivity contribution in [1.82, 2.24) is 9.78 Å². The lowest BCUT2D eigenvalue weighted by Gasteiger charge is -2.26. The Hall–Kier alpha value is -3.61. The number of fused-ring (bicyclic) bond motifs is 1. The summed E-state index contributed by atoms with van der Waals surface area (Å²) < 4.78 is 26.2. The molecule has 0 saturated heterocycles. The summed E-state index contributed by atoms with van der Waals surface area (Å²) in [4.78, 5) is 12.5. The highest BCUT2D eigenvalue weighted by Crippen LogP contribution is 2.44. The standard InChI is InChI=1S/C22H20FN3O3/c1-3-11-29-21-16(5-4-6-19(21)28-2)17-12-20(27)25-22-18(17)13-24-26(22)15-9-7-14(23)8-10-15/h3-10,13,17H,1,11-12H2,2H3,(H,25,27)/t17-/m0/s1. The van der Waals surface area contributed by atoms with Crippen LogP contribution in [0.5, 0.6) is 11.5 Å². The Morgan fingerprint density at radius 2 is 2.07 bits per heavy atom. The summed E-state index contributed by atoms with van der Waals surface area (Å²) >= 11 is 0. The summed E-state index contributed by atoms with van der Waals surface area (Å²) in [6.07, 6.45) is 3.63. The molecule has 148 valence electrons. The van der Waals surface area contributed by atoms with Gasteiger partial charge in [-0.2, -0.15) is 5.10 Å². The van der Waals surface area contributed by atoms with Crippen LogP contribution in [0.4, 0.5) is 10.2 Å². The van der Waals surface area contributed by atoms with Crippen molar-refractivity contribution in [3.8, 4) is 17.2 Å². The van der Waals surface area contributed by atoms with Crippen molar-refractivity contribution in [3.63, 3.8) is 0 Å². The Morgan fingerprint density at radius 3 is 2.79 bits per heavy atom. The third-order valence-electron chi connectivity index (χ3n) is 4.84. The van der Waals surface area contributed by atoms with Gasteiger partial charge in [-0.05, 0) is 30.3 Å². The highest BCUT2D eigenvalue weighted by atomic mass is 19.1. The van der Waals surface area contributed by atoms with Gasteiger partial charge in [-0.15, -0.1) is 0 Å². The molecule has 2 aromatic carbocycles. The van der Waals surface area contributed by atoms with Crippen LogP contribution in [0.1, 0.15) is 23.5 Å². The molecule has 0 fully saturated rings. The fraction of sp³-hybridized carbons (Fsp3) is 0.182. The van der Waals surface area contributed by atoms with Crippen LogP contribution in [-0.4, -0.2) is 29.4 Å². The van der Waals surface area contributed by atoms with Gasteiger partial charge in [0.1, 0.15) is 18.2 Å². The van der Waals surface area contributed by atoms with Crippen LogP contribution in [0.3, 0.4) is 0 Å². The fourth-order valence-corrected chi connectivity index (χ4v) is 3.54. The van der Waals surface area contributed by atoms with E-state index in [0.717, 1.165) is 11.1 Å². The smallest absolute Gasteiger partial charge is 0.226 e. The van der Waals surface area contributed by atoms with Gasteiger partial charge in [0.05, 0.1) is 19.0 Å². The number of aromatic nitrogens is 2. The summed E-state index contributed by atoms with van der Waals surface area (Å²) in [7, 11) is 1.57. The number of carbonyl (C=O) groups excluding carboxylic acids is 1. The summed E-state index contributed by atoms with van der Waals surface area (Å²) in [6.45, 7) is 4.01. The molecule has 1 aromatic heterocycles. The lowest BCUT2D eigenvalue weighted by atomic mass is 9.86. The molecule has 0 unspecified atom stereocenters. The second-order valence-electron chi connectivity index (χ2n) is 6.62. The maximum absolute atomic E-state index is 13.3. The van der Waals surface area contributed by atoms with E-state index < -0.39 is 0 Å². The van der Waals surface area contributed by atoms with E-state index in [1.54, 1.807) is 36.2 Å². The topological polar surface area (TPSA) is 65.4 Å². The van der Waals surface area contributed by atoms with E-state index in [0.29, 0.717) is 29.6 Å². The second-order valence-corrected chi connectivity index (χ2v) is 6.62. The Morgan fingerprint density at radius 1 is 1.28 bits per heavy atom. The van der Waals surface area contributed by atoms with Gasteiger partial charge < -0.3 is 14.8 Å². The van der Waals surface area contributed by atoms with Crippen molar-refractivity contribution in [1.29, 1.82) is 0 Å². The number of nitrogens with one attached hydrogen (secondary N) is 1. The maximum Gasteiger partial charge on any atom is 0.226 e. The number of halogens is 1.